The normalized spacial score (nSPS) is 10.7. The van der Waals surface area contributed by atoms with Crippen LogP contribution in [0.25, 0.3) is 11.1 Å². The van der Waals surface area contributed by atoms with Crippen LogP contribution in [0.15, 0.2) is 133 Å². The van der Waals surface area contributed by atoms with Crippen LogP contribution in [-0.2, 0) is 9.47 Å². The predicted molar refractivity (Wildman–Crippen MR) is 207 cm³/mol. The number of hydrogen-bond acceptors (Lipinski definition) is 8. The van der Waals surface area contributed by atoms with Crippen molar-refractivity contribution < 1.29 is 28.5 Å². The number of aryl methyl sites for hydroxylation is 2. The highest BCUT2D eigenvalue weighted by Crippen LogP contribution is 2.41. The molecule has 0 spiro atoms. The summed E-state index contributed by atoms with van der Waals surface area (Å²) in [6, 6.07) is 43.5. The molecule has 0 unspecified atom stereocenters. The molecular weight excluding hydrogens is 652 g/mol. The van der Waals surface area contributed by atoms with Gasteiger partial charge in [0, 0.05) is 34.1 Å². The summed E-state index contributed by atoms with van der Waals surface area (Å²) in [7, 11) is 6.07. The zero-order chi connectivity index (χ0) is 36.8. The van der Waals surface area contributed by atoms with Crippen LogP contribution < -0.4 is 19.3 Å². The monoisotopic (exact) mass is 692 g/mol. The average molecular weight is 693 g/mol. The maximum absolute atomic E-state index is 12.1. The van der Waals surface area contributed by atoms with E-state index in [1.54, 1.807) is 38.5 Å². The van der Waals surface area contributed by atoms with Crippen LogP contribution in [0, 0.1) is 13.8 Å². The minimum absolute atomic E-state index is 0.382. The van der Waals surface area contributed by atoms with Crippen LogP contribution in [0.5, 0.6) is 11.5 Å². The summed E-state index contributed by atoms with van der Waals surface area (Å²) in [6.07, 6.45) is 0. The van der Waals surface area contributed by atoms with Crippen molar-refractivity contribution in [1.29, 1.82) is 0 Å². The quantitative estimate of drug-likeness (QED) is 0.124. The summed E-state index contributed by atoms with van der Waals surface area (Å²) < 4.78 is 20.8. The zero-order valence-corrected chi connectivity index (χ0v) is 30.0. The molecule has 0 aromatic heterocycles. The molecule has 52 heavy (non-hydrogen) atoms. The third kappa shape index (κ3) is 7.32. The average Bonchev–Trinajstić information content (AvgIpc) is 3.19. The fraction of sp³-hybridized carbons (Fsp3) is 0.136. The second kappa shape index (κ2) is 15.6. The molecule has 262 valence electrons. The van der Waals surface area contributed by atoms with Gasteiger partial charge >= 0.3 is 11.9 Å². The number of benzene rings is 6. The lowest BCUT2D eigenvalue weighted by atomic mass is 10.0. The van der Waals surface area contributed by atoms with E-state index < -0.39 is 0 Å². The summed E-state index contributed by atoms with van der Waals surface area (Å²) in [5, 5.41) is 0. The minimum Gasteiger partial charge on any atom is -0.497 e. The fourth-order valence-electron chi connectivity index (χ4n) is 6.20. The van der Waals surface area contributed by atoms with Gasteiger partial charge < -0.3 is 28.7 Å². The molecule has 0 atom stereocenters. The number of ether oxygens (including phenoxy) is 4. The first kappa shape index (κ1) is 35.3. The molecule has 8 nitrogen and oxygen atoms in total. The number of esters is 2. The van der Waals surface area contributed by atoms with E-state index in [2.05, 4.69) is 58.3 Å². The summed E-state index contributed by atoms with van der Waals surface area (Å²) in [5.41, 5.74) is 10.8. The number of anilines is 6. The molecule has 0 amide bonds. The summed E-state index contributed by atoms with van der Waals surface area (Å²) in [4.78, 5) is 28.6. The lowest BCUT2D eigenvalue weighted by molar-refractivity contribution is 0.0592. The van der Waals surface area contributed by atoms with Gasteiger partial charge in [-0.1, -0.05) is 24.3 Å². The lowest BCUT2D eigenvalue weighted by Crippen LogP contribution is -2.12. The number of rotatable bonds is 11. The van der Waals surface area contributed by atoms with Crippen LogP contribution in [0.1, 0.15) is 31.8 Å². The SMILES string of the molecule is COC(=O)c1ccc(N(c2ccc(-c3ccc(N(c4ccc(C(=O)OC)cc4)c4ccc(OC)cc4C)cc3)cc2)c2ccc(OC)cc2C)cc1. The second-order valence-electron chi connectivity index (χ2n) is 12.1. The Balaban J connectivity index is 1.34. The highest BCUT2D eigenvalue weighted by Gasteiger charge is 2.19. The minimum atomic E-state index is -0.382. The first-order valence-electron chi connectivity index (χ1n) is 16.7. The first-order chi connectivity index (χ1) is 25.2. The molecule has 0 saturated heterocycles. The molecule has 0 bridgehead atoms. The van der Waals surface area contributed by atoms with Crippen molar-refractivity contribution in [3.63, 3.8) is 0 Å². The molecule has 0 saturated carbocycles. The maximum Gasteiger partial charge on any atom is 0.337 e. The van der Waals surface area contributed by atoms with Gasteiger partial charge in [-0.25, -0.2) is 9.59 Å². The van der Waals surface area contributed by atoms with Crippen molar-refractivity contribution >= 4 is 46.1 Å². The van der Waals surface area contributed by atoms with E-state index in [1.165, 1.54) is 14.2 Å². The molecule has 6 aromatic rings. The molecule has 0 N–H and O–H groups in total. The van der Waals surface area contributed by atoms with Crippen LogP contribution in [0.3, 0.4) is 0 Å². The lowest BCUT2D eigenvalue weighted by Gasteiger charge is -2.28. The van der Waals surface area contributed by atoms with Gasteiger partial charge in [-0.3, -0.25) is 0 Å². The van der Waals surface area contributed by atoms with Crippen molar-refractivity contribution in [2.24, 2.45) is 0 Å². The van der Waals surface area contributed by atoms with E-state index in [-0.39, 0.29) is 11.9 Å². The summed E-state index contributed by atoms with van der Waals surface area (Å²) in [5.74, 6) is 0.792. The Hall–Kier alpha value is -6.54. The van der Waals surface area contributed by atoms with Gasteiger partial charge in [0.1, 0.15) is 11.5 Å². The highest BCUT2D eigenvalue weighted by molar-refractivity contribution is 5.91. The topological polar surface area (TPSA) is 77.5 Å². The number of carbonyl (C=O) groups is 2. The Labute approximate surface area is 304 Å². The summed E-state index contributed by atoms with van der Waals surface area (Å²) >= 11 is 0. The van der Waals surface area contributed by atoms with Crippen molar-refractivity contribution in [3.8, 4) is 22.6 Å². The molecule has 0 radical (unpaired) electrons. The molecule has 0 fully saturated rings. The smallest absolute Gasteiger partial charge is 0.337 e. The van der Waals surface area contributed by atoms with E-state index in [1.807, 2.05) is 74.5 Å². The molecule has 0 heterocycles. The largest absolute Gasteiger partial charge is 0.497 e. The van der Waals surface area contributed by atoms with Gasteiger partial charge in [0.15, 0.2) is 0 Å². The number of nitrogens with zero attached hydrogens (tertiary/aromatic N) is 2. The van der Waals surface area contributed by atoms with Crippen molar-refractivity contribution in [1.82, 2.24) is 0 Å². The van der Waals surface area contributed by atoms with E-state index in [4.69, 9.17) is 18.9 Å². The Morgan fingerprint density at radius 1 is 0.423 bits per heavy atom. The molecule has 0 aliphatic carbocycles. The Morgan fingerprint density at radius 2 is 0.731 bits per heavy atom. The van der Waals surface area contributed by atoms with Gasteiger partial charge in [-0.2, -0.15) is 0 Å². The predicted octanol–water partition coefficient (Wildman–Crippen LogP) is 10.5. The maximum atomic E-state index is 12.1. The van der Waals surface area contributed by atoms with Crippen LogP contribution in [0.2, 0.25) is 0 Å². The highest BCUT2D eigenvalue weighted by atomic mass is 16.5. The van der Waals surface area contributed by atoms with Gasteiger partial charge in [0.25, 0.3) is 0 Å². The standard InChI is InChI=1S/C44H40N2O6/c1-29-27-39(49-3)23-25-41(29)45(37-19-11-33(12-20-37)43(47)51-5)35-15-7-31(8-16-35)32-9-17-36(18-10-32)46(42-26-24-40(50-4)28-30(42)2)38-21-13-34(14-22-38)44(48)52-6/h7-28H,1-6H3. The van der Waals surface area contributed by atoms with Crippen LogP contribution >= 0.6 is 0 Å². The molecule has 0 aliphatic heterocycles. The van der Waals surface area contributed by atoms with Crippen molar-refractivity contribution in [2.75, 3.05) is 38.2 Å². The van der Waals surface area contributed by atoms with Crippen LogP contribution in [0.4, 0.5) is 34.1 Å². The molecule has 6 rings (SSSR count). The van der Waals surface area contributed by atoms with Crippen molar-refractivity contribution in [2.45, 2.75) is 13.8 Å². The fourth-order valence-corrected chi connectivity index (χ4v) is 6.20. The molecule has 6 aromatic carbocycles. The van der Waals surface area contributed by atoms with Crippen molar-refractivity contribution in [3.05, 3.63) is 156 Å². The van der Waals surface area contributed by atoms with Gasteiger partial charge in [-0.15, -0.1) is 0 Å². The third-order valence-corrected chi connectivity index (χ3v) is 8.97. The molecule has 0 aliphatic rings. The Bertz CT molecular complexity index is 2020. The molecular formula is C44H40N2O6. The van der Waals surface area contributed by atoms with E-state index >= 15 is 0 Å². The van der Waals surface area contributed by atoms with E-state index in [0.717, 1.165) is 67.9 Å². The van der Waals surface area contributed by atoms with Gasteiger partial charge in [0.2, 0.25) is 0 Å². The third-order valence-electron chi connectivity index (χ3n) is 8.97. The Morgan fingerprint density at radius 3 is 1.00 bits per heavy atom. The molecule has 8 heteroatoms. The Kier molecular flexibility index (Phi) is 10.6. The number of methoxy groups -OCH3 is 4. The second-order valence-corrected chi connectivity index (χ2v) is 12.1. The van der Waals surface area contributed by atoms with E-state index in [0.29, 0.717) is 11.1 Å². The number of hydrogen-bond donors (Lipinski definition) is 0. The van der Waals surface area contributed by atoms with Gasteiger partial charge in [0.05, 0.1) is 39.6 Å². The van der Waals surface area contributed by atoms with Crippen LogP contribution in [-0.4, -0.2) is 40.4 Å². The first-order valence-corrected chi connectivity index (χ1v) is 16.7. The van der Waals surface area contributed by atoms with Gasteiger partial charge in [-0.05, 0) is 145 Å². The zero-order valence-electron chi connectivity index (χ0n) is 30.0. The summed E-state index contributed by atoms with van der Waals surface area (Å²) in [6.45, 7) is 4.10. The number of carbonyl (C=O) groups excluding carboxylic acids is 2. The van der Waals surface area contributed by atoms with E-state index in [9.17, 15) is 9.59 Å².